The Balaban J connectivity index is 0.000000217. The van der Waals surface area contributed by atoms with Crippen molar-refractivity contribution in [1.82, 2.24) is 4.98 Å². The van der Waals surface area contributed by atoms with E-state index < -0.39 is 15.0 Å². The Morgan fingerprint density at radius 2 is 1.83 bits per heavy atom. The summed E-state index contributed by atoms with van der Waals surface area (Å²) in [4.78, 5) is 5.58. The first kappa shape index (κ1) is 12.8. The summed E-state index contributed by atoms with van der Waals surface area (Å²) in [6, 6.07) is 3.95. The van der Waals surface area contributed by atoms with Gasteiger partial charge in [-0.15, -0.1) is 0 Å². The van der Waals surface area contributed by atoms with Crippen LogP contribution in [0.25, 0.3) is 0 Å². The van der Waals surface area contributed by atoms with Crippen LogP contribution in [0.2, 0.25) is 4.94 Å². The molecule has 0 aliphatic rings. The molecule has 0 aliphatic heterocycles. The van der Waals surface area contributed by atoms with Crippen molar-refractivity contribution in [2.75, 3.05) is 0 Å². The fourth-order valence-corrected chi connectivity index (χ4v) is 0.448. The Labute approximate surface area is 88.1 Å². The molecule has 5 heteroatoms. The minimum absolute atomic E-state index is 1.21. The molecule has 0 aromatic carbocycles. The monoisotopic (exact) mass is 333 g/mol. The Kier molecular flexibility index (Phi) is 6.73. The van der Waals surface area contributed by atoms with E-state index in [-0.39, 0.29) is 0 Å². The van der Waals surface area contributed by atoms with Crippen LogP contribution in [0.1, 0.15) is 5.56 Å². The van der Waals surface area contributed by atoms with Gasteiger partial charge >= 0.3 is 46.7 Å². The molecular formula is C7H10Cl3NSn. The number of hydrogen-bond acceptors (Lipinski definition) is 1. The summed E-state index contributed by atoms with van der Waals surface area (Å²) >= 11 is -2.76. The molecule has 1 rings (SSSR count). The van der Waals surface area contributed by atoms with Crippen molar-refractivity contribution >= 4 is 41.8 Å². The van der Waals surface area contributed by atoms with E-state index >= 15 is 0 Å². The predicted octanol–water partition coefficient (Wildman–Crippen LogP) is 3.66. The molecule has 1 aromatic rings. The molecular weight excluding hydrogens is 323 g/mol. The number of halogens is 3. The van der Waals surface area contributed by atoms with Crippen molar-refractivity contribution < 1.29 is 0 Å². The summed E-state index contributed by atoms with van der Waals surface area (Å²) in [5.41, 5.74) is 1.21. The molecule has 68 valence electrons. The summed E-state index contributed by atoms with van der Waals surface area (Å²) in [5, 5.41) is 0. The molecule has 1 heterocycles. The van der Waals surface area contributed by atoms with Gasteiger partial charge in [0.05, 0.1) is 0 Å². The van der Waals surface area contributed by atoms with E-state index in [9.17, 15) is 0 Å². The van der Waals surface area contributed by atoms with E-state index in [1.54, 1.807) is 11.1 Å². The summed E-state index contributed by atoms with van der Waals surface area (Å²) in [7, 11) is 15.8. The van der Waals surface area contributed by atoms with E-state index in [1.165, 1.54) is 5.56 Å². The van der Waals surface area contributed by atoms with Crippen LogP contribution < -0.4 is 0 Å². The first-order valence-electron chi connectivity index (χ1n) is 3.33. The van der Waals surface area contributed by atoms with Crippen molar-refractivity contribution in [1.29, 1.82) is 0 Å². The second-order valence-electron chi connectivity index (χ2n) is 2.31. The molecule has 0 N–H and O–H groups in total. The van der Waals surface area contributed by atoms with Crippen LogP contribution in [0.3, 0.4) is 0 Å². The number of rotatable bonds is 0. The van der Waals surface area contributed by atoms with E-state index in [0.29, 0.717) is 0 Å². The van der Waals surface area contributed by atoms with Crippen LogP contribution in [0.4, 0.5) is 0 Å². The van der Waals surface area contributed by atoms with Crippen molar-refractivity contribution in [3.8, 4) is 0 Å². The first-order chi connectivity index (χ1) is 5.39. The molecule has 12 heavy (non-hydrogen) atoms. The Bertz CT molecular complexity index is 204. The fourth-order valence-electron chi connectivity index (χ4n) is 0.448. The number of pyridine rings is 1. The zero-order valence-corrected chi connectivity index (χ0v) is 12.0. The normalized spacial score (nSPS) is 10.1. The van der Waals surface area contributed by atoms with Gasteiger partial charge in [0, 0.05) is 12.4 Å². The summed E-state index contributed by atoms with van der Waals surface area (Å²) in [5.74, 6) is 0. The van der Waals surface area contributed by atoms with E-state index in [1.807, 2.05) is 25.3 Å². The van der Waals surface area contributed by atoms with Crippen LogP contribution >= 0.6 is 26.8 Å². The number of aryl methyl sites for hydroxylation is 1. The molecule has 0 amide bonds. The standard InChI is InChI=1S/C6H7N.CH3.3ClH.Sn/c1-6-3-2-4-7-5-6;;;;;/h2-5H,1H3;1H3;3*1H;/q;;;;;+3/p-3. The Morgan fingerprint density at radius 3 is 2.00 bits per heavy atom. The van der Waals surface area contributed by atoms with Crippen molar-refractivity contribution in [3.63, 3.8) is 0 Å². The van der Waals surface area contributed by atoms with Crippen LogP contribution in [0, 0.1) is 6.92 Å². The Morgan fingerprint density at radius 1 is 1.33 bits per heavy atom. The third-order valence-electron chi connectivity index (χ3n) is 0.809. The minimum atomic E-state index is -2.76. The molecule has 0 aliphatic carbocycles. The molecule has 0 spiro atoms. The topological polar surface area (TPSA) is 12.9 Å². The maximum atomic E-state index is 5.27. The average Bonchev–Trinajstić information content (AvgIpc) is 1.85. The van der Waals surface area contributed by atoms with Gasteiger partial charge in [-0.25, -0.2) is 0 Å². The molecule has 0 unspecified atom stereocenters. The molecule has 0 atom stereocenters. The van der Waals surface area contributed by atoms with Gasteiger partial charge in [-0.3, -0.25) is 4.98 Å². The number of nitrogens with zero attached hydrogens (tertiary/aromatic N) is 1. The quantitative estimate of drug-likeness (QED) is 0.661. The Hall–Kier alpha value is 0.819. The molecule has 0 fully saturated rings. The van der Waals surface area contributed by atoms with E-state index in [2.05, 4.69) is 4.98 Å². The van der Waals surface area contributed by atoms with Gasteiger partial charge in [-0.1, -0.05) is 6.07 Å². The third kappa shape index (κ3) is 13.4. The van der Waals surface area contributed by atoms with Crippen LogP contribution in [0.15, 0.2) is 24.5 Å². The molecule has 0 saturated carbocycles. The van der Waals surface area contributed by atoms with Gasteiger partial charge in [0.2, 0.25) is 0 Å². The van der Waals surface area contributed by atoms with Gasteiger partial charge < -0.3 is 0 Å². The van der Waals surface area contributed by atoms with Crippen LogP contribution in [-0.2, 0) is 0 Å². The molecule has 0 radical (unpaired) electrons. The number of hydrogen-bond donors (Lipinski definition) is 0. The maximum absolute atomic E-state index is 5.27. The second-order valence-corrected chi connectivity index (χ2v) is 25.9. The van der Waals surface area contributed by atoms with Crippen molar-refractivity contribution in [3.05, 3.63) is 30.1 Å². The van der Waals surface area contributed by atoms with E-state index in [0.717, 1.165) is 0 Å². The average molecular weight is 333 g/mol. The molecule has 1 nitrogen and oxygen atoms in total. The van der Waals surface area contributed by atoms with Crippen LogP contribution in [-0.4, -0.2) is 20.0 Å². The first-order valence-corrected chi connectivity index (χ1v) is 17.0. The third-order valence-corrected chi connectivity index (χ3v) is 0.809. The number of aromatic nitrogens is 1. The fraction of sp³-hybridized carbons (Fsp3) is 0.286. The predicted molar refractivity (Wildman–Crippen MR) is 58.2 cm³/mol. The molecule has 0 bridgehead atoms. The zero-order chi connectivity index (χ0) is 9.61. The van der Waals surface area contributed by atoms with Gasteiger partial charge in [0.1, 0.15) is 0 Å². The van der Waals surface area contributed by atoms with Gasteiger partial charge in [-0.05, 0) is 18.6 Å². The van der Waals surface area contributed by atoms with Crippen molar-refractivity contribution in [2.45, 2.75) is 11.9 Å². The molecule has 1 aromatic heterocycles. The summed E-state index contributed by atoms with van der Waals surface area (Å²) in [6.45, 7) is 2.02. The summed E-state index contributed by atoms with van der Waals surface area (Å²) < 4.78 is 0. The van der Waals surface area contributed by atoms with Gasteiger partial charge in [0.15, 0.2) is 0 Å². The zero-order valence-electron chi connectivity index (χ0n) is 6.89. The SMILES string of the molecule is Cc1cccnc1.[CH3][Sn]([Cl])([Cl])[Cl]. The van der Waals surface area contributed by atoms with Gasteiger partial charge in [-0.2, -0.15) is 0 Å². The summed E-state index contributed by atoms with van der Waals surface area (Å²) in [6.07, 6.45) is 3.60. The van der Waals surface area contributed by atoms with Crippen molar-refractivity contribution in [2.24, 2.45) is 0 Å². The van der Waals surface area contributed by atoms with E-state index in [4.69, 9.17) is 26.8 Å². The van der Waals surface area contributed by atoms with Crippen LogP contribution in [0.5, 0.6) is 0 Å². The van der Waals surface area contributed by atoms with Gasteiger partial charge in [0.25, 0.3) is 0 Å². The second kappa shape index (κ2) is 6.30. The molecule has 0 saturated heterocycles.